The van der Waals surface area contributed by atoms with Gasteiger partial charge in [-0.3, -0.25) is 9.36 Å². The van der Waals surface area contributed by atoms with Crippen molar-refractivity contribution in [3.63, 3.8) is 0 Å². The van der Waals surface area contributed by atoms with Crippen molar-refractivity contribution in [2.75, 3.05) is 13.7 Å². The lowest BCUT2D eigenvalue weighted by Gasteiger charge is -2.24. The highest BCUT2D eigenvalue weighted by atomic mass is 79.9. The molecule has 0 N–H and O–H groups in total. The summed E-state index contributed by atoms with van der Waals surface area (Å²) >= 11 is 10.8. The van der Waals surface area contributed by atoms with Gasteiger partial charge in [0, 0.05) is 16.1 Å². The van der Waals surface area contributed by atoms with Gasteiger partial charge < -0.3 is 13.9 Å². The van der Waals surface area contributed by atoms with Crippen molar-refractivity contribution in [2.24, 2.45) is 4.99 Å². The van der Waals surface area contributed by atoms with E-state index in [4.69, 9.17) is 25.5 Å². The second kappa shape index (κ2) is 11.4. The fraction of sp³-hybridized carbons (Fsp3) is 0.172. The number of furan rings is 1. The fourth-order valence-corrected chi connectivity index (χ4v) is 5.90. The van der Waals surface area contributed by atoms with Crippen LogP contribution in [0.25, 0.3) is 17.4 Å². The van der Waals surface area contributed by atoms with Crippen LogP contribution in [-0.4, -0.2) is 30.2 Å². The van der Waals surface area contributed by atoms with Crippen LogP contribution in [0.15, 0.2) is 84.5 Å². The molecule has 0 fully saturated rings. The van der Waals surface area contributed by atoms with Crippen LogP contribution in [0, 0.1) is 0 Å². The number of ether oxygens (including phenoxy) is 2. The predicted molar refractivity (Wildman–Crippen MR) is 155 cm³/mol. The Balaban J connectivity index is 1.60. The fourth-order valence-electron chi connectivity index (χ4n) is 4.41. The van der Waals surface area contributed by atoms with E-state index in [0.29, 0.717) is 37.7 Å². The number of allylic oxidation sites excluding steroid dienone is 1. The van der Waals surface area contributed by atoms with Crippen molar-refractivity contribution in [1.29, 1.82) is 0 Å². The summed E-state index contributed by atoms with van der Waals surface area (Å²) in [5, 5.41) is 0.265. The molecule has 0 aliphatic carbocycles. The molecule has 1 aliphatic rings. The molecule has 4 aromatic rings. The highest BCUT2D eigenvalue weighted by Crippen LogP contribution is 2.32. The first kappa shape index (κ1) is 27.8. The summed E-state index contributed by atoms with van der Waals surface area (Å²) in [5.74, 6) is -0.168. The monoisotopic (exact) mass is 640 g/mol. The van der Waals surface area contributed by atoms with Crippen molar-refractivity contribution in [3.05, 3.63) is 112 Å². The smallest absolute Gasteiger partial charge is 0.339 e. The summed E-state index contributed by atoms with van der Waals surface area (Å²) in [4.78, 5) is 43.9. The number of aromatic nitrogens is 1. The molecule has 1 aliphatic heterocycles. The topological polar surface area (TPSA) is 100 Å². The minimum atomic E-state index is -0.705. The number of hydrogen-bond donors (Lipinski definition) is 0. The number of methoxy groups -OCH3 is 1. The van der Waals surface area contributed by atoms with E-state index in [9.17, 15) is 14.4 Å². The third-order valence-electron chi connectivity index (χ3n) is 6.26. The maximum absolute atomic E-state index is 13.8. The van der Waals surface area contributed by atoms with Gasteiger partial charge in [0.15, 0.2) is 4.80 Å². The molecule has 1 atom stereocenters. The Morgan fingerprint density at radius 2 is 1.90 bits per heavy atom. The predicted octanol–water partition coefficient (Wildman–Crippen LogP) is 5.26. The van der Waals surface area contributed by atoms with E-state index >= 15 is 0 Å². The summed E-state index contributed by atoms with van der Waals surface area (Å²) in [7, 11) is 1.28. The number of thiazole rings is 1. The average molecular weight is 642 g/mol. The maximum Gasteiger partial charge on any atom is 0.339 e. The third-order valence-corrected chi connectivity index (χ3v) is 8.10. The van der Waals surface area contributed by atoms with Crippen molar-refractivity contribution < 1.29 is 23.5 Å². The van der Waals surface area contributed by atoms with E-state index in [1.165, 1.54) is 23.0 Å². The molecule has 204 valence electrons. The summed E-state index contributed by atoms with van der Waals surface area (Å²) < 4.78 is 18.9. The summed E-state index contributed by atoms with van der Waals surface area (Å²) in [6, 6.07) is 15.1. The van der Waals surface area contributed by atoms with Gasteiger partial charge in [0.25, 0.3) is 5.56 Å². The second-order valence-corrected chi connectivity index (χ2v) is 11.1. The normalized spacial score (nSPS) is 15.0. The van der Waals surface area contributed by atoms with Gasteiger partial charge >= 0.3 is 11.9 Å². The molecular formula is C29H22BrClN2O6S. The van der Waals surface area contributed by atoms with E-state index in [0.717, 1.165) is 10.0 Å². The lowest BCUT2D eigenvalue weighted by molar-refractivity contribution is -0.139. The van der Waals surface area contributed by atoms with Crippen LogP contribution >= 0.6 is 38.9 Å². The lowest BCUT2D eigenvalue weighted by atomic mass is 9.96. The summed E-state index contributed by atoms with van der Waals surface area (Å²) in [6.07, 6.45) is 1.63. The van der Waals surface area contributed by atoms with Crippen LogP contribution < -0.4 is 14.9 Å². The molecule has 0 amide bonds. The van der Waals surface area contributed by atoms with Crippen molar-refractivity contribution in [1.82, 2.24) is 4.57 Å². The number of carbonyl (C=O) groups is 2. The molecule has 0 saturated carbocycles. The number of benzene rings is 2. The number of hydrogen-bond acceptors (Lipinski definition) is 8. The molecule has 40 heavy (non-hydrogen) atoms. The third kappa shape index (κ3) is 5.22. The van der Waals surface area contributed by atoms with Crippen molar-refractivity contribution in [2.45, 2.75) is 19.9 Å². The van der Waals surface area contributed by atoms with Gasteiger partial charge in [0.05, 0.1) is 46.1 Å². The number of nitrogens with zero attached hydrogens (tertiary/aromatic N) is 2. The highest BCUT2D eigenvalue weighted by molar-refractivity contribution is 9.10. The quantitative estimate of drug-likeness (QED) is 0.266. The van der Waals surface area contributed by atoms with Crippen LogP contribution in [-0.2, 0) is 14.3 Å². The Morgan fingerprint density at radius 3 is 2.60 bits per heavy atom. The first-order valence-electron chi connectivity index (χ1n) is 12.1. The van der Waals surface area contributed by atoms with Gasteiger partial charge in [0.2, 0.25) is 0 Å². The lowest BCUT2D eigenvalue weighted by Crippen LogP contribution is -2.39. The SMILES string of the molecule is CCOC(=O)C1=C(C)N=c2s/c(=C\c3ccc(-c4ccc(Cl)c(C(=O)OC)c4)o3)c(=O)n2[C@@H]1c1ccc(Br)cc1. The van der Waals surface area contributed by atoms with Crippen molar-refractivity contribution >= 4 is 56.9 Å². The minimum Gasteiger partial charge on any atom is -0.465 e. The van der Waals surface area contributed by atoms with Gasteiger partial charge in [0.1, 0.15) is 11.5 Å². The molecule has 3 heterocycles. The van der Waals surface area contributed by atoms with E-state index in [2.05, 4.69) is 20.9 Å². The van der Waals surface area contributed by atoms with E-state index in [1.807, 2.05) is 24.3 Å². The molecule has 0 radical (unpaired) electrons. The minimum absolute atomic E-state index is 0.197. The zero-order valence-electron chi connectivity index (χ0n) is 21.6. The summed E-state index contributed by atoms with van der Waals surface area (Å²) in [6.45, 7) is 3.67. The van der Waals surface area contributed by atoms with Crippen LogP contribution in [0.5, 0.6) is 0 Å². The summed E-state index contributed by atoms with van der Waals surface area (Å²) in [5.41, 5.74) is 2.07. The molecule has 0 saturated heterocycles. The molecule has 0 unspecified atom stereocenters. The highest BCUT2D eigenvalue weighted by Gasteiger charge is 2.33. The first-order chi connectivity index (χ1) is 19.2. The molecule has 2 aromatic carbocycles. The van der Waals surface area contributed by atoms with Crippen LogP contribution in [0.2, 0.25) is 5.02 Å². The van der Waals surface area contributed by atoms with E-state index < -0.39 is 18.0 Å². The van der Waals surface area contributed by atoms with E-state index in [1.54, 1.807) is 50.3 Å². The number of esters is 2. The van der Waals surface area contributed by atoms with Gasteiger partial charge in [-0.05, 0) is 61.9 Å². The number of halogens is 2. The Hall–Kier alpha value is -3.73. The zero-order chi connectivity index (χ0) is 28.6. The van der Waals surface area contributed by atoms with Crippen LogP contribution in [0.1, 0.15) is 41.6 Å². The molecule has 11 heteroatoms. The molecule has 0 spiro atoms. The van der Waals surface area contributed by atoms with Gasteiger partial charge in [-0.15, -0.1) is 0 Å². The second-order valence-electron chi connectivity index (χ2n) is 8.74. The zero-order valence-corrected chi connectivity index (χ0v) is 24.7. The Morgan fingerprint density at radius 1 is 1.15 bits per heavy atom. The maximum atomic E-state index is 13.8. The number of carbonyl (C=O) groups excluding carboxylic acids is 2. The largest absolute Gasteiger partial charge is 0.465 e. The molecule has 0 bridgehead atoms. The first-order valence-corrected chi connectivity index (χ1v) is 14.1. The number of fused-ring (bicyclic) bond motifs is 1. The molecule has 5 rings (SSSR count). The van der Waals surface area contributed by atoms with Gasteiger partial charge in [-0.2, -0.15) is 0 Å². The average Bonchev–Trinajstić information content (AvgIpc) is 3.52. The van der Waals surface area contributed by atoms with E-state index in [-0.39, 0.29) is 22.8 Å². The van der Waals surface area contributed by atoms with Crippen LogP contribution in [0.3, 0.4) is 0 Å². The molecule has 2 aromatic heterocycles. The Labute approximate surface area is 246 Å². The Bertz CT molecular complexity index is 1850. The standard InChI is InChI=1S/C29H22BrClN2O6S/c1-4-38-28(36)24-15(2)32-29-33(25(24)16-5-8-18(30)9-6-16)26(34)23(40-29)14-19-10-12-22(39-19)17-7-11-21(31)20(13-17)27(35)37-3/h5-14,25H,4H2,1-3H3/b23-14-/t25-/m1/s1. The van der Waals surface area contributed by atoms with Crippen LogP contribution in [0.4, 0.5) is 0 Å². The molecular weight excluding hydrogens is 620 g/mol. The number of rotatable bonds is 6. The van der Waals surface area contributed by atoms with Crippen molar-refractivity contribution in [3.8, 4) is 11.3 Å². The van der Waals surface area contributed by atoms with Gasteiger partial charge in [-0.1, -0.05) is 51.0 Å². The van der Waals surface area contributed by atoms with Gasteiger partial charge in [-0.25, -0.2) is 14.6 Å². The Kier molecular flexibility index (Phi) is 7.93. The molecule has 8 nitrogen and oxygen atoms in total.